The standard InChI is InChI=1S/C2H2O6S.Ca/c3-1(4)7-9-8-2(5)6;/h(H,3,4)(H,5,6);/q;+2/p-2. The Balaban J connectivity index is 0. The van der Waals surface area contributed by atoms with Gasteiger partial charge in [-0.15, -0.1) is 0 Å². The van der Waals surface area contributed by atoms with E-state index >= 15 is 0 Å². The van der Waals surface area contributed by atoms with Gasteiger partial charge in [0.15, 0.2) is 0 Å². The zero-order valence-electron chi connectivity index (χ0n) is 4.56. The van der Waals surface area contributed by atoms with Crippen LogP contribution in [0.15, 0.2) is 0 Å². The van der Waals surface area contributed by atoms with E-state index in [-0.39, 0.29) is 50.1 Å². The van der Waals surface area contributed by atoms with E-state index in [2.05, 4.69) is 8.37 Å². The van der Waals surface area contributed by atoms with E-state index in [9.17, 15) is 19.8 Å². The van der Waals surface area contributed by atoms with Gasteiger partial charge >= 0.3 is 37.7 Å². The van der Waals surface area contributed by atoms with Crippen LogP contribution in [0.3, 0.4) is 0 Å². The summed E-state index contributed by atoms with van der Waals surface area (Å²) in [5.41, 5.74) is 0. The van der Waals surface area contributed by atoms with Gasteiger partial charge in [-0.3, -0.25) is 0 Å². The summed E-state index contributed by atoms with van der Waals surface area (Å²) in [6.07, 6.45) is -3.78. The predicted molar refractivity (Wildman–Crippen MR) is 26.3 cm³/mol. The Labute approximate surface area is 89.9 Å². The fourth-order valence-corrected chi connectivity index (χ4v) is 0.218. The third-order valence-corrected chi connectivity index (χ3v) is 0.612. The molecule has 0 aliphatic carbocycles. The number of carboxylic acid groups (broad SMARTS) is 2. The summed E-state index contributed by atoms with van der Waals surface area (Å²) in [6, 6.07) is 0. The minimum atomic E-state index is -1.89. The average Bonchev–Trinajstić information content (AvgIpc) is 1.63. The maximum absolute atomic E-state index is 9.33. The first kappa shape index (κ1) is 12.8. The Bertz CT molecular complexity index is 111. The second kappa shape index (κ2) is 7.26. The van der Waals surface area contributed by atoms with Crippen molar-refractivity contribution in [2.75, 3.05) is 0 Å². The summed E-state index contributed by atoms with van der Waals surface area (Å²) >= 11 is -0.255. The van der Waals surface area contributed by atoms with Crippen molar-refractivity contribution in [2.45, 2.75) is 0 Å². The van der Waals surface area contributed by atoms with Gasteiger partial charge in [0.2, 0.25) is 0 Å². The number of hydrogen-bond acceptors (Lipinski definition) is 7. The van der Waals surface area contributed by atoms with E-state index in [0.717, 1.165) is 0 Å². The molecule has 52 valence electrons. The van der Waals surface area contributed by atoms with Gasteiger partial charge in [0.1, 0.15) is 0 Å². The van der Waals surface area contributed by atoms with Gasteiger partial charge in [0, 0.05) is 0 Å². The molecule has 0 saturated carbocycles. The molecular weight excluding hydrogens is 192 g/mol. The monoisotopic (exact) mass is 192 g/mol. The van der Waals surface area contributed by atoms with Crippen LogP contribution in [0.25, 0.3) is 0 Å². The first-order valence-corrected chi connectivity index (χ1v) is 2.22. The van der Waals surface area contributed by atoms with Crippen molar-refractivity contribution in [2.24, 2.45) is 0 Å². The number of hydrogen-bond donors (Lipinski definition) is 0. The molecule has 0 heterocycles. The second-order valence-corrected chi connectivity index (χ2v) is 1.20. The molecule has 0 bridgehead atoms. The Morgan fingerprint density at radius 1 is 1.10 bits per heavy atom. The van der Waals surface area contributed by atoms with Crippen LogP contribution in [0.4, 0.5) is 9.59 Å². The maximum Gasteiger partial charge on any atom is 2.00 e. The van der Waals surface area contributed by atoms with Crippen LogP contribution in [0, 0.1) is 0 Å². The molecule has 0 spiro atoms. The largest absolute Gasteiger partial charge is 2.00 e. The molecule has 8 heteroatoms. The Morgan fingerprint density at radius 3 is 1.60 bits per heavy atom. The van der Waals surface area contributed by atoms with Crippen LogP contribution in [0.2, 0.25) is 0 Å². The van der Waals surface area contributed by atoms with Gasteiger partial charge in [0.05, 0.1) is 12.3 Å². The topological polar surface area (TPSA) is 98.7 Å². The molecule has 0 fully saturated rings. The van der Waals surface area contributed by atoms with Crippen LogP contribution in [-0.2, 0) is 8.37 Å². The van der Waals surface area contributed by atoms with E-state index in [1.165, 1.54) is 0 Å². The first-order valence-electron chi connectivity index (χ1n) is 1.56. The third-order valence-electron chi connectivity index (χ3n) is 0.204. The van der Waals surface area contributed by atoms with Crippen LogP contribution in [0.5, 0.6) is 0 Å². The number of carbonyl (C=O) groups is 2. The smallest absolute Gasteiger partial charge is 0.463 e. The summed E-state index contributed by atoms with van der Waals surface area (Å²) in [6.45, 7) is 0. The SMILES string of the molecule is O=C([O-])OSOC(=O)[O-].[Ca+2]. The molecule has 10 heavy (non-hydrogen) atoms. The normalized spacial score (nSPS) is 7.20. The predicted octanol–water partition coefficient (Wildman–Crippen LogP) is -2.11. The Hall–Kier alpha value is 0.150. The number of rotatable bonds is 2. The van der Waals surface area contributed by atoms with E-state index in [4.69, 9.17) is 0 Å². The molecule has 0 radical (unpaired) electrons. The van der Waals surface area contributed by atoms with Crippen molar-refractivity contribution < 1.29 is 28.2 Å². The van der Waals surface area contributed by atoms with Gasteiger partial charge in [-0.05, 0) is 0 Å². The summed E-state index contributed by atoms with van der Waals surface area (Å²) in [5.74, 6) is 0. The van der Waals surface area contributed by atoms with Gasteiger partial charge < -0.3 is 28.2 Å². The summed E-state index contributed by atoms with van der Waals surface area (Å²) in [5, 5.41) is 18.7. The van der Waals surface area contributed by atoms with Crippen molar-refractivity contribution in [3.8, 4) is 0 Å². The van der Waals surface area contributed by atoms with Crippen molar-refractivity contribution in [3.05, 3.63) is 0 Å². The van der Waals surface area contributed by atoms with Crippen LogP contribution in [0.1, 0.15) is 0 Å². The van der Waals surface area contributed by atoms with Gasteiger partial charge in [0.25, 0.3) is 12.3 Å². The zero-order chi connectivity index (χ0) is 7.28. The van der Waals surface area contributed by atoms with E-state index in [1.54, 1.807) is 0 Å². The molecule has 0 aliphatic heterocycles. The Kier molecular flexibility index (Phi) is 9.29. The maximum atomic E-state index is 9.33. The third kappa shape index (κ3) is 11.0. The summed E-state index contributed by atoms with van der Waals surface area (Å²) < 4.78 is 6.86. The van der Waals surface area contributed by atoms with E-state index < -0.39 is 12.3 Å². The molecule has 0 aromatic heterocycles. The molecule has 6 nitrogen and oxygen atoms in total. The van der Waals surface area contributed by atoms with Crippen molar-refractivity contribution in [1.82, 2.24) is 0 Å². The fourth-order valence-electron chi connectivity index (χ4n) is 0.0726. The summed E-state index contributed by atoms with van der Waals surface area (Å²) in [7, 11) is 0. The van der Waals surface area contributed by atoms with E-state index in [1.807, 2.05) is 0 Å². The molecule has 0 rings (SSSR count). The van der Waals surface area contributed by atoms with Crippen LogP contribution >= 0.6 is 12.3 Å². The van der Waals surface area contributed by atoms with E-state index in [0.29, 0.717) is 0 Å². The second-order valence-electron chi connectivity index (χ2n) is 0.735. The minimum Gasteiger partial charge on any atom is -0.463 e. The molecule has 0 aliphatic rings. The Morgan fingerprint density at radius 2 is 1.40 bits per heavy atom. The molecule has 0 aromatic carbocycles. The quantitative estimate of drug-likeness (QED) is 0.364. The molecule has 0 N–H and O–H groups in total. The van der Waals surface area contributed by atoms with Gasteiger partial charge in [-0.2, -0.15) is 0 Å². The number of carbonyl (C=O) groups excluding carboxylic acids is 2. The average molecular weight is 192 g/mol. The molecule has 0 amide bonds. The molecule has 0 saturated heterocycles. The van der Waals surface area contributed by atoms with Gasteiger partial charge in [-0.1, -0.05) is 0 Å². The van der Waals surface area contributed by atoms with Gasteiger partial charge in [-0.25, -0.2) is 0 Å². The molecular formula is C2CaO6S. The van der Waals surface area contributed by atoms with Crippen molar-refractivity contribution >= 4 is 62.4 Å². The molecule has 0 atom stereocenters. The minimum absolute atomic E-state index is 0. The zero-order valence-corrected chi connectivity index (χ0v) is 7.59. The summed E-state index contributed by atoms with van der Waals surface area (Å²) in [4.78, 5) is 18.7. The molecule has 0 unspecified atom stereocenters. The molecule has 0 aromatic rings. The van der Waals surface area contributed by atoms with Crippen LogP contribution < -0.4 is 10.2 Å². The van der Waals surface area contributed by atoms with Crippen LogP contribution in [-0.4, -0.2) is 50.0 Å². The van der Waals surface area contributed by atoms with Crippen molar-refractivity contribution in [3.63, 3.8) is 0 Å². The fraction of sp³-hybridized carbons (Fsp3) is 0. The van der Waals surface area contributed by atoms with Crippen molar-refractivity contribution in [1.29, 1.82) is 0 Å². The first-order chi connectivity index (χ1) is 4.13.